The van der Waals surface area contributed by atoms with Gasteiger partial charge in [0.05, 0.1) is 24.0 Å². The van der Waals surface area contributed by atoms with Crippen molar-refractivity contribution >= 4 is 35.5 Å². The molecule has 1 aliphatic carbocycles. The van der Waals surface area contributed by atoms with Gasteiger partial charge in [-0.25, -0.2) is 31.3 Å². The van der Waals surface area contributed by atoms with Gasteiger partial charge in [-0.15, -0.1) is 23.5 Å². The predicted molar refractivity (Wildman–Crippen MR) is 172 cm³/mol. The SMILES string of the molecule is C=CC(=O)OCCCCCC1NNC(C#CC2CCC(C#CC3NNC(CCCCCOC(=O)C=C)S3)C(CC)C2)S1. The van der Waals surface area contributed by atoms with E-state index in [1.165, 1.54) is 12.2 Å². The zero-order valence-corrected chi connectivity index (χ0v) is 26.6. The van der Waals surface area contributed by atoms with Gasteiger partial charge in [0.25, 0.3) is 0 Å². The van der Waals surface area contributed by atoms with Gasteiger partial charge in [0.15, 0.2) is 0 Å². The minimum atomic E-state index is -0.348. The number of hydrogen-bond acceptors (Lipinski definition) is 10. The van der Waals surface area contributed by atoms with Crippen molar-refractivity contribution in [1.29, 1.82) is 0 Å². The van der Waals surface area contributed by atoms with Gasteiger partial charge in [0.2, 0.25) is 0 Å². The van der Waals surface area contributed by atoms with Gasteiger partial charge >= 0.3 is 11.9 Å². The van der Waals surface area contributed by atoms with Crippen molar-refractivity contribution in [3.63, 3.8) is 0 Å². The second-order valence-corrected chi connectivity index (χ2v) is 13.5. The van der Waals surface area contributed by atoms with Gasteiger partial charge in [0, 0.05) is 24.0 Å². The van der Waals surface area contributed by atoms with E-state index < -0.39 is 0 Å². The summed E-state index contributed by atoms with van der Waals surface area (Å²) in [7, 11) is 0. The number of rotatable bonds is 15. The Kier molecular flexibility index (Phi) is 16.6. The summed E-state index contributed by atoms with van der Waals surface area (Å²) in [5, 5.41) is 0.971. The normalized spacial score (nSPS) is 28.5. The number of carbonyl (C=O) groups is 2. The molecule has 0 spiro atoms. The molecule has 3 fully saturated rings. The first kappa shape index (κ1) is 34.6. The second-order valence-electron chi connectivity index (χ2n) is 10.9. The number of hydrogen-bond donors (Lipinski definition) is 4. The summed E-state index contributed by atoms with van der Waals surface area (Å²) < 4.78 is 10.1. The van der Waals surface area contributed by atoms with Crippen molar-refractivity contribution in [1.82, 2.24) is 21.7 Å². The van der Waals surface area contributed by atoms with Crippen LogP contribution in [0.3, 0.4) is 0 Å². The lowest BCUT2D eigenvalue weighted by molar-refractivity contribution is -0.138. The topological polar surface area (TPSA) is 101 Å². The van der Waals surface area contributed by atoms with E-state index in [0.717, 1.165) is 77.0 Å². The number of esters is 2. The molecule has 0 bridgehead atoms. The lowest BCUT2D eigenvalue weighted by Crippen LogP contribution is -2.33. The van der Waals surface area contributed by atoms with Crippen LogP contribution in [0.5, 0.6) is 0 Å². The van der Waals surface area contributed by atoms with Crippen LogP contribution in [0.4, 0.5) is 0 Å². The monoisotopic (exact) mass is 616 g/mol. The highest BCUT2D eigenvalue weighted by Crippen LogP contribution is 2.36. The van der Waals surface area contributed by atoms with Crippen molar-refractivity contribution in [2.45, 2.75) is 105 Å². The highest BCUT2D eigenvalue weighted by Gasteiger charge is 2.29. The van der Waals surface area contributed by atoms with Crippen LogP contribution < -0.4 is 21.7 Å². The molecule has 0 aromatic carbocycles. The molecule has 42 heavy (non-hydrogen) atoms. The molecule has 1 saturated carbocycles. The van der Waals surface area contributed by atoms with E-state index >= 15 is 0 Å². The first-order valence-corrected chi connectivity index (χ1v) is 17.3. The van der Waals surface area contributed by atoms with E-state index in [4.69, 9.17) is 9.47 Å². The lowest BCUT2D eigenvalue weighted by Gasteiger charge is -2.30. The van der Waals surface area contributed by atoms with E-state index in [2.05, 4.69) is 65.5 Å². The zero-order valence-electron chi connectivity index (χ0n) is 25.0. The second kappa shape index (κ2) is 20.1. The van der Waals surface area contributed by atoms with Gasteiger partial charge in [0.1, 0.15) is 10.7 Å². The number of ether oxygens (including phenoxy) is 2. The Balaban J connectivity index is 1.29. The summed E-state index contributed by atoms with van der Waals surface area (Å²) in [5.41, 5.74) is 13.4. The maximum atomic E-state index is 11.1. The van der Waals surface area contributed by atoms with E-state index in [1.807, 2.05) is 23.5 Å². The molecular formula is C32H48N4O4S2. The molecule has 0 aromatic heterocycles. The van der Waals surface area contributed by atoms with Gasteiger partial charge in [-0.1, -0.05) is 63.0 Å². The minimum Gasteiger partial charge on any atom is -0.463 e. The van der Waals surface area contributed by atoms with Crippen LogP contribution in [0.25, 0.3) is 0 Å². The fourth-order valence-corrected chi connectivity index (χ4v) is 7.39. The average Bonchev–Trinajstić information content (AvgIpc) is 3.67. The molecule has 7 atom stereocenters. The van der Waals surface area contributed by atoms with Crippen molar-refractivity contribution in [3.05, 3.63) is 25.3 Å². The predicted octanol–water partition coefficient (Wildman–Crippen LogP) is 5.00. The van der Waals surface area contributed by atoms with Crippen molar-refractivity contribution in [2.75, 3.05) is 13.2 Å². The van der Waals surface area contributed by atoms with Crippen molar-refractivity contribution in [2.24, 2.45) is 17.8 Å². The van der Waals surface area contributed by atoms with Crippen LogP contribution in [0.1, 0.15) is 84.0 Å². The first-order valence-electron chi connectivity index (χ1n) is 15.4. The Morgan fingerprint density at radius 1 is 0.762 bits per heavy atom. The van der Waals surface area contributed by atoms with Gasteiger partial charge in [-0.05, 0) is 63.7 Å². The van der Waals surface area contributed by atoms with Crippen LogP contribution >= 0.6 is 23.5 Å². The molecule has 2 heterocycles. The van der Waals surface area contributed by atoms with Crippen molar-refractivity contribution < 1.29 is 19.1 Å². The standard InChI is InChI=1S/C32H48N4O4S2/c1-4-25-23-24(16-19-29-35-33-27(41-29)13-9-7-11-21-39-31(37)5-2)15-17-26(25)18-20-30-36-34-28(42-30)14-10-8-12-22-40-32(38)6-3/h5-6,24-30,33-36H,2-4,7-15,17,21-23H2,1H3. The number of nitrogens with one attached hydrogen (secondary N) is 4. The van der Waals surface area contributed by atoms with Crippen LogP contribution in [0.15, 0.2) is 25.3 Å². The number of carbonyl (C=O) groups excluding carboxylic acids is 2. The maximum Gasteiger partial charge on any atom is 0.330 e. The zero-order chi connectivity index (χ0) is 30.0. The molecule has 8 nitrogen and oxygen atoms in total. The Bertz CT molecular complexity index is 1000. The number of thioether (sulfide) groups is 2. The molecular weight excluding hydrogens is 569 g/mol. The lowest BCUT2D eigenvalue weighted by atomic mass is 9.73. The van der Waals surface area contributed by atoms with Crippen molar-refractivity contribution in [3.8, 4) is 23.7 Å². The molecule has 2 saturated heterocycles. The summed E-state index contributed by atoms with van der Waals surface area (Å²) in [6.45, 7) is 10.0. The largest absolute Gasteiger partial charge is 0.463 e. The maximum absolute atomic E-state index is 11.1. The van der Waals surface area contributed by atoms with Crippen LogP contribution in [0, 0.1) is 41.4 Å². The smallest absolute Gasteiger partial charge is 0.330 e. The number of unbranched alkanes of at least 4 members (excludes halogenated alkanes) is 4. The highest BCUT2D eigenvalue weighted by molar-refractivity contribution is 8.01. The molecule has 0 radical (unpaired) electrons. The van der Waals surface area contributed by atoms with Crippen LogP contribution in [-0.4, -0.2) is 46.6 Å². The Labute approximate surface area is 261 Å². The van der Waals surface area contributed by atoms with E-state index in [0.29, 0.717) is 41.7 Å². The third-order valence-corrected chi connectivity index (χ3v) is 10.1. The summed E-state index contributed by atoms with van der Waals surface area (Å²) in [6.07, 6.45) is 15.0. The molecule has 10 heteroatoms. The van der Waals surface area contributed by atoms with Gasteiger partial charge in [-0.2, -0.15) is 0 Å². The fourth-order valence-electron chi connectivity index (χ4n) is 5.32. The third kappa shape index (κ3) is 13.2. The number of hydrazine groups is 2. The fraction of sp³-hybridized carbons (Fsp3) is 0.688. The van der Waals surface area contributed by atoms with E-state index in [9.17, 15) is 9.59 Å². The highest BCUT2D eigenvalue weighted by atomic mass is 32.2. The summed E-state index contributed by atoms with van der Waals surface area (Å²) in [4.78, 5) is 22.2. The summed E-state index contributed by atoms with van der Waals surface area (Å²) in [5.74, 6) is 15.0. The molecule has 0 amide bonds. The van der Waals surface area contributed by atoms with E-state index in [1.54, 1.807) is 0 Å². The Morgan fingerprint density at radius 3 is 1.83 bits per heavy atom. The average molecular weight is 617 g/mol. The molecule has 7 unspecified atom stereocenters. The molecule has 232 valence electrons. The molecule has 0 aromatic rings. The molecule has 3 rings (SSSR count). The van der Waals surface area contributed by atoms with Crippen LogP contribution in [-0.2, 0) is 19.1 Å². The van der Waals surface area contributed by atoms with Crippen LogP contribution in [0.2, 0.25) is 0 Å². The summed E-state index contributed by atoms with van der Waals surface area (Å²) in [6, 6.07) is 0. The summed E-state index contributed by atoms with van der Waals surface area (Å²) >= 11 is 3.72. The Hall–Kier alpha value is -1.92. The van der Waals surface area contributed by atoms with E-state index in [-0.39, 0.29) is 22.7 Å². The molecule has 3 aliphatic rings. The quantitative estimate of drug-likeness (QED) is 0.0871. The third-order valence-electron chi connectivity index (χ3n) is 7.72. The Morgan fingerprint density at radius 2 is 1.31 bits per heavy atom. The molecule has 4 N–H and O–H groups in total. The molecule has 2 aliphatic heterocycles. The van der Waals surface area contributed by atoms with Gasteiger partial charge in [-0.3, -0.25) is 0 Å². The first-order chi connectivity index (χ1) is 20.5. The minimum absolute atomic E-state index is 0.124. The van der Waals surface area contributed by atoms with Gasteiger partial charge < -0.3 is 9.47 Å².